The van der Waals surface area contributed by atoms with Crippen LogP contribution < -0.4 is 5.32 Å². The van der Waals surface area contributed by atoms with Crippen LogP contribution in [0.5, 0.6) is 0 Å². The molecule has 0 fully saturated rings. The van der Waals surface area contributed by atoms with Crippen LogP contribution in [-0.4, -0.2) is 37.7 Å². The Morgan fingerprint density at radius 2 is 2.04 bits per heavy atom. The predicted molar refractivity (Wildman–Crippen MR) is 112 cm³/mol. The van der Waals surface area contributed by atoms with Crippen molar-refractivity contribution in [1.82, 2.24) is 25.5 Å². The summed E-state index contributed by atoms with van der Waals surface area (Å²) >= 11 is 4.37. The SMILES string of the molecule is CC(C)(C)C(=O)NCc1ccc(C(=O)CSc2nnnn2Cc2cccs2)s1. The molecule has 0 unspecified atom stereocenters. The van der Waals surface area contributed by atoms with Gasteiger partial charge in [-0.2, -0.15) is 0 Å². The Morgan fingerprint density at radius 1 is 1.21 bits per heavy atom. The molecule has 0 atom stereocenters. The average molecular weight is 436 g/mol. The first-order valence-electron chi connectivity index (χ1n) is 8.64. The third-order valence-corrected chi connectivity index (χ3v) is 6.70. The molecular formula is C18H21N5O2S3. The smallest absolute Gasteiger partial charge is 0.225 e. The molecule has 0 saturated carbocycles. The fourth-order valence-electron chi connectivity index (χ4n) is 2.21. The maximum absolute atomic E-state index is 12.5. The average Bonchev–Trinajstić information content (AvgIpc) is 3.39. The van der Waals surface area contributed by atoms with Gasteiger partial charge in [-0.1, -0.05) is 38.6 Å². The van der Waals surface area contributed by atoms with Crippen molar-refractivity contribution in [3.05, 3.63) is 44.3 Å². The van der Waals surface area contributed by atoms with Gasteiger partial charge in [-0.25, -0.2) is 4.68 Å². The van der Waals surface area contributed by atoms with E-state index in [0.29, 0.717) is 23.1 Å². The Hall–Kier alpha value is -2.04. The molecule has 10 heteroatoms. The van der Waals surface area contributed by atoms with Gasteiger partial charge in [0.1, 0.15) is 0 Å². The van der Waals surface area contributed by atoms with E-state index in [1.54, 1.807) is 22.1 Å². The fraction of sp³-hybridized carbons (Fsp3) is 0.389. The molecule has 3 rings (SSSR count). The van der Waals surface area contributed by atoms with E-state index >= 15 is 0 Å². The van der Waals surface area contributed by atoms with Crippen molar-refractivity contribution in [3.63, 3.8) is 0 Å². The summed E-state index contributed by atoms with van der Waals surface area (Å²) in [5.41, 5.74) is -0.431. The summed E-state index contributed by atoms with van der Waals surface area (Å²) in [7, 11) is 0. The minimum absolute atomic E-state index is 0.0121. The zero-order chi connectivity index (χ0) is 20.1. The minimum Gasteiger partial charge on any atom is -0.351 e. The van der Waals surface area contributed by atoms with Crippen LogP contribution >= 0.6 is 34.4 Å². The normalized spacial score (nSPS) is 11.5. The molecule has 3 aromatic rings. The molecule has 0 aliphatic rings. The number of nitrogens with one attached hydrogen (secondary N) is 1. The second-order valence-corrected chi connectivity index (χ2v) is 10.3. The maximum Gasteiger partial charge on any atom is 0.225 e. The van der Waals surface area contributed by atoms with Crippen molar-refractivity contribution >= 4 is 46.1 Å². The van der Waals surface area contributed by atoms with E-state index in [1.165, 1.54) is 23.1 Å². The lowest BCUT2D eigenvalue weighted by Gasteiger charge is -2.17. The molecule has 0 radical (unpaired) electrons. The number of hydrogen-bond donors (Lipinski definition) is 1. The number of aromatic nitrogens is 4. The number of thioether (sulfide) groups is 1. The topological polar surface area (TPSA) is 89.8 Å². The third kappa shape index (κ3) is 5.49. The Bertz CT molecular complexity index is 941. The zero-order valence-electron chi connectivity index (χ0n) is 15.8. The first-order chi connectivity index (χ1) is 13.3. The number of carbonyl (C=O) groups is 2. The van der Waals surface area contributed by atoms with Gasteiger partial charge in [0.05, 0.1) is 23.7 Å². The Morgan fingerprint density at radius 3 is 2.75 bits per heavy atom. The monoisotopic (exact) mass is 435 g/mol. The van der Waals surface area contributed by atoms with Gasteiger partial charge in [0.2, 0.25) is 11.1 Å². The Labute approximate surface area is 175 Å². The molecule has 0 bridgehead atoms. The van der Waals surface area contributed by atoms with E-state index in [1.807, 2.05) is 44.4 Å². The van der Waals surface area contributed by atoms with Gasteiger partial charge in [0.15, 0.2) is 5.78 Å². The van der Waals surface area contributed by atoms with Crippen molar-refractivity contribution in [2.75, 3.05) is 5.75 Å². The highest BCUT2D eigenvalue weighted by molar-refractivity contribution is 7.99. The highest BCUT2D eigenvalue weighted by Gasteiger charge is 2.21. The molecule has 3 heterocycles. The molecule has 1 N–H and O–H groups in total. The van der Waals surface area contributed by atoms with Gasteiger partial charge in [-0.15, -0.1) is 27.8 Å². The van der Waals surface area contributed by atoms with Gasteiger partial charge >= 0.3 is 0 Å². The number of amides is 1. The summed E-state index contributed by atoms with van der Waals surface area (Å²) in [6.07, 6.45) is 0. The fourth-order valence-corrected chi connectivity index (χ4v) is 4.63. The summed E-state index contributed by atoms with van der Waals surface area (Å²) in [4.78, 5) is 27.2. The molecule has 0 saturated heterocycles. The van der Waals surface area contributed by atoms with Crippen molar-refractivity contribution in [2.24, 2.45) is 5.41 Å². The lowest BCUT2D eigenvalue weighted by atomic mass is 9.96. The minimum atomic E-state index is -0.431. The Balaban J connectivity index is 1.53. The van der Waals surface area contributed by atoms with Crippen molar-refractivity contribution in [2.45, 2.75) is 39.0 Å². The maximum atomic E-state index is 12.5. The van der Waals surface area contributed by atoms with E-state index in [4.69, 9.17) is 0 Å². The van der Waals surface area contributed by atoms with Crippen molar-refractivity contribution in [3.8, 4) is 0 Å². The molecule has 0 spiro atoms. The molecule has 1 amide bonds. The first kappa shape index (κ1) is 20.7. The van der Waals surface area contributed by atoms with E-state index in [2.05, 4.69) is 20.8 Å². The van der Waals surface area contributed by atoms with Crippen molar-refractivity contribution in [1.29, 1.82) is 0 Å². The van der Waals surface area contributed by atoms with Crippen LogP contribution in [0.2, 0.25) is 0 Å². The van der Waals surface area contributed by atoms with Crippen LogP contribution in [0.4, 0.5) is 0 Å². The molecule has 28 heavy (non-hydrogen) atoms. The summed E-state index contributed by atoms with van der Waals surface area (Å²) in [5, 5.41) is 17.3. The second kappa shape index (κ2) is 8.97. The van der Waals surface area contributed by atoms with Crippen LogP contribution in [0.25, 0.3) is 0 Å². The largest absolute Gasteiger partial charge is 0.351 e. The van der Waals surface area contributed by atoms with Gasteiger partial charge in [0.25, 0.3) is 0 Å². The number of nitrogens with zero attached hydrogens (tertiary/aromatic N) is 4. The van der Waals surface area contributed by atoms with Gasteiger partial charge in [-0.3, -0.25) is 9.59 Å². The standard InChI is InChI=1S/C18H21N5O2S3/c1-18(2,3)16(25)19-9-12-6-7-15(28-12)14(24)11-27-17-20-21-22-23(17)10-13-5-4-8-26-13/h4-8H,9-11H2,1-3H3,(H,19,25). The van der Waals surface area contributed by atoms with Crippen LogP contribution in [-0.2, 0) is 17.9 Å². The highest BCUT2D eigenvalue weighted by Crippen LogP contribution is 2.22. The van der Waals surface area contributed by atoms with Gasteiger partial charge in [-0.05, 0) is 34.0 Å². The molecule has 3 aromatic heterocycles. The molecule has 148 valence electrons. The number of hydrogen-bond acceptors (Lipinski definition) is 8. The quantitative estimate of drug-likeness (QED) is 0.430. The summed E-state index contributed by atoms with van der Waals surface area (Å²) in [6.45, 7) is 6.64. The molecule has 7 nitrogen and oxygen atoms in total. The van der Waals surface area contributed by atoms with Crippen molar-refractivity contribution < 1.29 is 9.59 Å². The van der Waals surface area contributed by atoms with E-state index < -0.39 is 5.41 Å². The predicted octanol–water partition coefficient (Wildman–Crippen LogP) is 3.48. The first-order valence-corrected chi connectivity index (χ1v) is 11.3. The molecule has 0 aliphatic carbocycles. The molecular weight excluding hydrogens is 414 g/mol. The van der Waals surface area contributed by atoms with E-state index in [9.17, 15) is 9.59 Å². The lowest BCUT2D eigenvalue weighted by Crippen LogP contribution is -2.34. The summed E-state index contributed by atoms with van der Waals surface area (Å²) in [6, 6.07) is 7.70. The van der Waals surface area contributed by atoms with Crippen LogP contribution in [0.15, 0.2) is 34.8 Å². The molecule has 0 aliphatic heterocycles. The van der Waals surface area contributed by atoms with Crippen LogP contribution in [0.3, 0.4) is 0 Å². The van der Waals surface area contributed by atoms with E-state index in [0.717, 1.165) is 9.75 Å². The number of tetrazole rings is 1. The number of carbonyl (C=O) groups excluding carboxylic acids is 2. The number of Topliss-reactive ketones (excluding diaryl/α,β-unsaturated/α-hetero) is 1. The van der Waals surface area contributed by atoms with E-state index in [-0.39, 0.29) is 17.4 Å². The van der Waals surface area contributed by atoms with Crippen LogP contribution in [0, 0.1) is 5.41 Å². The second-order valence-electron chi connectivity index (χ2n) is 7.11. The highest BCUT2D eigenvalue weighted by atomic mass is 32.2. The van der Waals surface area contributed by atoms with Gasteiger partial charge in [0, 0.05) is 15.2 Å². The third-order valence-electron chi connectivity index (χ3n) is 3.76. The zero-order valence-corrected chi connectivity index (χ0v) is 18.3. The number of thiophene rings is 2. The number of ketones is 1. The Kier molecular flexibility index (Phi) is 6.63. The summed E-state index contributed by atoms with van der Waals surface area (Å²) in [5.74, 6) is 0.273. The lowest BCUT2D eigenvalue weighted by molar-refractivity contribution is -0.128. The number of rotatable bonds is 8. The van der Waals surface area contributed by atoms with Gasteiger partial charge < -0.3 is 5.32 Å². The summed E-state index contributed by atoms with van der Waals surface area (Å²) < 4.78 is 1.70. The van der Waals surface area contributed by atoms with Crippen LogP contribution in [0.1, 0.15) is 40.2 Å². The molecule has 0 aromatic carbocycles.